The summed E-state index contributed by atoms with van der Waals surface area (Å²) in [6.45, 7) is 10.5. The quantitative estimate of drug-likeness (QED) is 0.744. The first-order valence-electron chi connectivity index (χ1n) is 6.59. The average molecular weight is 252 g/mol. The normalized spacial score (nSPS) is 12.2. The summed E-state index contributed by atoms with van der Waals surface area (Å²) >= 11 is 0. The lowest BCUT2D eigenvalue weighted by Gasteiger charge is -2.16. The SMILES string of the molecule is CCCNc1ncc(C)c(NC(C)COCC)n1. The molecular formula is C13H24N4O. The predicted molar refractivity (Wildman–Crippen MR) is 75.1 cm³/mol. The van der Waals surface area contributed by atoms with Gasteiger partial charge in [0.1, 0.15) is 5.82 Å². The Morgan fingerprint density at radius 1 is 1.39 bits per heavy atom. The van der Waals surface area contributed by atoms with Crippen molar-refractivity contribution >= 4 is 11.8 Å². The fraction of sp³-hybridized carbons (Fsp3) is 0.692. The molecule has 102 valence electrons. The predicted octanol–water partition coefficient (Wildman–Crippen LogP) is 2.44. The summed E-state index contributed by atoms with van der Waals surface area (Å²) in [7, 11) is 0. The van der Waals surface area contributed by atoms with Crippen LogP contribution in [-0.4, -0.2) is 35.8 Å². The molecule has 1 aromatic rings. The molecule has 0 amide bonds. The summed E-state index contributed by atoms with van der Waals surface area (Å²) in [4.78, 5) is 8.72. The molecule has 18 heavy (non-hydrogen) atoms. The third-order valence-corrected chi connectivity index (χ3v) is 2.46. The van der Waals surface area contributed by atoms with Crippen molar-refractivity contribution in [1.29, 1.82) is 0 Å². The van der Waals surface area contributed by atoms with E-state index in [4.69, 9.17) is 4.74 Å². The van der Waals surface area contributed by atoms with Crippen LogP contribution in [0.15, 0.2) is 6.20 Å². The molecule has 5 heteroatoms. The first kappa shape index (κ1) is 14.7. The van der Waals surface area contributed by atoms with E-state index in [1.807, 2.05) is 20.0 Å². The Bertz CT molecular complexity index is 357. The first-order chi connectivity index (χ1) is 8.67. The van der Waals surface area contributed by atoms with E-state index in [1.54, 1.807) is 0 Å². The molecular weight excluding hydrogens is 228 g/mol. The third kappa shape index (κ3) is 4.87. The van der Waals surface area contributed by atoms with Gasteiger partial charge in [0.05, 0.1) is 6.61 Å². The molecule has 0 saturated heterocycles. The van der Waals surface area contributed by atoms with Crippen molar-refractivity contribution in [3.05, 3.63) is 11.8 Å². The van der Waals surface area contributed by atoms with Crippen LogP contribution in [0.2, 0.25) is 0 Å². The van der Waals surface area contributed by atoms with Crippen LogP contribution in [0.4, 0.5) is 11.8 Å². The van der Waals surface area contributed by atoms with E-state index < -0.39 is 0 Å². The van der Waals surface area contributed by atoms with E-state index >= 15 is 0 Å². The molecule has 0 aliphatic heterocycles. The topological polar surface area (TPSA) is 59.1 Å². The Morgan fingerprint density at radius 3 is 2.83 bits per heavy atom. The Balaban J connectivity index is 2.62. The van der Waals surface area contributed by atoms with Crippen LogP contribution < -0.4 is 10.6 Å². The van der Waals surface area contributed by atoms with Gasteiger partial charge in [0.25, 0.3) is 0 Å². The average Bonchev–Trinajstić information content (AvgIpc) is 2.37. The molecule has 1 heterocycles. The summed E-state index contributed by atoms with van der Waals surface area (Å²) in [6.07, 6.45) is 2.89. The van der Waals surface area contributed by atoms with Gasteiger partial charge in [0, 0.05) is 31.0 Å². The number of anilines is 2. The number of nitrogens with one attached hydrogen (secondary N) is 2. The number of aromatic nitrogens is 2. The molecule has 0 fully saturated rings. The van der Waals surface area contributed by atoms with Crippen molar-refractivity contribution in [2.75, 3.05) is 30.4 Å². The van der Waals surface area contributed by atoms with Crippen LogP contribution in [0, 0.1) is 6.92 Å². The molecule has 0 radical (unpaired) electrons. The van der Waals surface area contributed by atoms with E-state index in [2.05, 4.69) is 34.4 Å². The Labute approximate surface area is 109 Å². The van der Waals surface area contributed by atoms with Crippen molar-refractivity contribution in [2.24, 2.45) is 0 Å². The maximum absolute atomic E-state index is 5.38. The highest BCUT2D eigenvalue weighted by atomic mass is 16.5. The zero-order chi connectivity index (χ0) is 13.4. The molecule has 0 aliphatic rings. The molecule has 0 aromatic carbocycles. The highest BCUT2D eigenvalue weighted by Gasteiger charge is 2.07. The molecule has 1 rings (SSSR count). The minimum atomic E-state index is 0.234. The fourth-order valence-corrected chi connectivity index (χ4v) is 1.48. The lowest BCUT2D eigenvalue weighted by molar-refractivity contribution is 0.141. The van der Waals surface area contributed by atoms with Crippen molar-refractivity contribution in [2.45, 2.75) is 40.2 Å². The van der Waals surface area contributed by atoms with Crippen molar-refractivity contribution < 1.29 is 4.74 Å². The van der Waals surface area contributed by atoms with Gasteiger partial charge in [-0.3, -0.25) is 0 Å². The van der Waals surface area contributed by atoms with Crippen LogP contribution in [0.3, 0.4) is 0 Å². The molecule has 0 bridgehead atoms. The summed E-state index contributed by atoms with van der Waals surface area (Å²) < 4.78 is 5.38. The molecule has 1 atom stereocenters. The number of ether oxygens (including phenoxy) is 1. The largest absolute Gasteiger partial charge is 0.380 e. The maximum atomic E-state index is 5.38. The van der Waals surface area contributed by atoms with Gasteiger partial charge < -0.3 is 15.4 Å². The van der Waals surface area contributed by atoms with Crippen LogP contribution in [0.1, 0.15) is 32.8 Å². The smallest absolute Gasteiger partial charge is 0.224 e. The van der Waals surface area contributed by atoms with Crippen molar-refractivity contribution in [3.8, 4) is 0 Å². The van der Waals surface area contributed by atoms with E-state index in [-0.39, 0.29) is 6.04 Å². The van der Waals surface area contributed by atoms with Crippen LogP contribution >= 0.6 is 0 Å². The van der Waals surface area contributed by atoms with Gasteiger partial charge in [0.2, 0.25) is 5.95 Å². The lowest BCUT2D eigenvalue weighted by atomic mass is 10.3. The number of hydrogen-bond donors (Lipinski definition) is 2. The van der Waals surface area contributed by atoms with Gasteiger partial charge in [0.15, 0.2) is 0 Å². The number of rotatable bonds is 8. The zero-order valence-electron chi connectivity index (χ0n) is 11.8. The van der Waals surface area contributed by atoms with Gasteiger partial charge in [-0.1, -0.05) is 6.92 Å². The minimum Gasteiger partial charge on any atom is -0.380 e. The number of nitrogens with zero attached hydrogens (tertiary/aromatic N) is 2. The highest BCUT2D eigenvalue weighted by Crippen LogP contribution is 2.13. The molecule has 0 aliphatic carbocycles. The van der Waals surface area contributed by atoms with Gasteiger partial charge in [-0.2, -0.15) is 4.98 Å². The number of hydrogen-bond acceptors (Lipinski definition) is 5. The first-order valence-corrected chi connectivity index (χ1v) is 6.59. The summed E-state index contributed by atoms with van der Waals surface area (Å²) in [6, 6.07) is 0.234. The second kappa shape index (κ2) is 7.87. The second-order valence-corrected chi connectivity index (χ2v) is 4.36. The third-order valence-electron chi connectivity index (χ3n) is 2.46. The van der Waals surface area contributed by atoms with E-state index in [9.17, 15) is 0 Å². The van der Waals surface area contributed by atoms with Crippen LogP contribution in [0.5, 0.6) is 0 Å². The standard InChI is InChI=1S/C13H24N4O/c1-5-7-14-13-15-8-10(3)12(17-13)16-11(4)9-18-6-2/h8,11H,5-7,9H2,1-4H3,(H2,14,15,16,17). The Morgan fingerprint density at radius 2 is 2.17 bits per heavy atom. The minimum absolute atomic E-state index is 0.234. The molecule has 0 saturated carbocycles. The summed E-state index contributed by atoms with van der Waals surface area (Å²) in [5, 5.41) is 6.53. The monoisotopic (exact) mass is 252 g/mol. The summed E-state index contributed by atoms with van der Waals surface area (Å²) in [5.41, 5.74) is 1.04. The van der Waals surface area contributed by atoms with Crippen LogP contribution in [0.25, 0.3) is 0 Å². The Kier molecular flexibility index (Phi) is 6.43. The van der Waals surface area contributed by atoms with Gasteiger partial charge in [-0.15, -0.1) is 0 Å². The molecule has 0 spiro atoms. The lowest BCUT2D eigenvalue weighted by Crippen LogP contribution is -2.23. The van der Waals surface area contributed by atoms with Gasteiger partial charge >= 0.3 is 0 Å². The van der Waals surface area contributed by atoms with Gasteiger partial charge in [-0.25, -0.2) is 4.98 Å². The molecule has 1 unspecified atom stereocenters. The van der Waals surface area contributed by atoms with E-state index in [1.165, 1.54) is 0 Å². The van der Waals surface area contributed by atoms with E-state index in [0.29, 0.717) is 12.6 Å². The molecule has 2 N–H and O–H groups in total. The summed E-state index contributed by atoms with van der Waals surface area (Å²) in [5.74, 6) is 1.55. The Hall–Kier alpha value is -1.36. The molecule has 5 nitrogen and oxygen atoms in total. The number of aryl methyl sites for hydroxylation is 1. The van der Waals surface area contributed by atoms with Crippen molar-refractivity contribution in [1.82, 2.24) is 9.97 Å². The van der Waals surface area contributed by atoms with Gasteiger partial charge in [-0.05, 0) is 27.2 Å². The molecule has 1 aromatic heterocycles. The van der Waals surface area contributed by atoms with E-state index in [0.717, 1.165) is 31.0 Å². The van der Waals surface area contributed by atoms with Crippen molar-refractivity contribution in [3.63, 3.8) is 0 Å². The second-order valence-electron chi connectivity index (χ2n) is 4.36. The van der Waals surface area contributed by atoms with Crippen LogP contribution in [-0.2, 0) is 4.74 Å². The maximum Gasteiger partial charge on any atom is 0.224 e. The fourth-order valence-electron chi connectivity index (χ4n) is 1.48. The zero-order valence-corrected chi connectivity index (χ0v) is 11.8. The highest BCUT2D eigenvalue weighted by molar-refractivity contribution is 5.46.